The van der Waals surface area contributed by atoms with E-state index in [1.165, 1.54) is 0 Å². The molecule has 2 aromatic rings. The van der Waals surface area contributed by atoms with Crippen LogP contribution in [-0.4, -0.2) is 45.7 Å². The number of carbonyl (C=O) groups excluding carboxylic acids is 2. The molecular weight excluding hydrogens is 318 g/mol. The van der Waals surface area contributed by atoms with Crippen LogP contribution in [0.5, 0.6) is 0 Å². The van der Waals surface area contributed by atoms with Crippen molar-refractivity contribution in [1.82, 2.24) is 5.32 Å². The standard InChI is InChI=1S/C19H23N3O3/c1-22(17-6-4-3-5-7-17)14-18(23)21-16-10-8-15(9-11-16)19(24)20-12-13-25-2/h3-11H,12-14H2,1-2H3,(H,20,24)(H,21,23). The fraction of sp³-hybridized carbons (Fsp3) is 0.263. The molecule has 0 radical (unpaired) electrons. The van der Waals surface area contributed by atoms with Crippen molar-refractivity contribution in [3.05, 3.63) is 60.2 Å². The Labute approximate surface area is 147 Å². The average Bonchev–Trinajstić information content (AvgIpc) is 2.63. The molecular formula is C19H23N3O3. The molecule has 0 spiro atoms. The summed E-state index contributed by atoms with van der Waals surface area (Å²) in [4.78, 5) is 25.9. The van der Waals surface area contributed by atoms with Gasteiger partial charge in [0.25, 0.3) is 5.91 Å². The van der Waals surface area contributed by atoms with E-state index in [1.54, 1.807) is 31.4 Å². The lowest BCUT2D eigenvalue weighted by Crippen LogP contribution is -2.30. The first kappa shape index (κ1) is 18.5. The second-order valence-corrected chi connectivity index (χ2v) is 5.57. The normalized spacial score (nSPS) is 10.2. The maximum Gasteiger partial charge on any atom is 0.251 e. The van der Waals surface area contributed by atoms with Gasteiger partial charge in [-0.25, -0.2) is 0 Å². The number of para-hydroxylation sites is 1. The predicted molar refractivity (Wildman–Crippen MR) is 99.0 cm³/mol. The summed E-state index contributed by atoms with van der Waals surface area (Å²) in [5.41, 5.74) is 2.16. The van der Waals surface area contributed by atoms with E-state index in [0.717, 1.165) is 5.69 Å². The van der Waals surface area contributed by atoms with Gasteiger partial charge in [0.1, 0.15) is 0 Å². The van der Waals surface area contributed by atoms with Crippen LogP contribution in [0.2, 0.25) is 0 Å². The largest absolute Gasteiger partial charge is 0.383 e. The molecule has 132 valence electrons. The van der Waals surface area contributed by atoms with E-state index in [-0.39, 0.29) is 18.4 Å². The fourth-order valence-electron chi connectivity index (χ4n) is 2.26. The van der Waals surface area contributed by atoms with Gasteiger partial charge in [0.2, 0.25) is 5.91 Å². The molecule has 2 rings (SSSR count). The van der Waals surface area contributed by atoms with Gasteiger partial charge in [-0.2, -0.15) is 0 Å². The Hall–Kier alpha value is -2.86. The quantitative estimate of drug-likeness (QED) is 0.722. The fourth-order valence-corrected chi connectivity index (χ4v) is 2.26. The van der Waals surface area contributed by atoms with Crippen LogP contribution in [0.25, 0.3) is 0 Å². The molecule has 0 aliphatic carbocycles. The van der Waals surface area contributed by atoms with Crippen molar-refractivity contribution in [3.63, 3.8) is 0 Å². The highest BCUT2D eigenvalue weighted by Crippen LogP contribution is 2.12. The molecule has 2 N–H and O–H groups in total. The van der Waals surface area contributed by atoms with Crippen molar-refractivity contribution in [2.45, 2.75) is 0 Å². The number of ether oxygens (including phenoxy) is 1. The highest BCUT2D eigenvalue weighted by molar-refractivity contribution is 5.96. The van der Waals surface area contributed by atoms with E-state index in [1.807, 2.05) is 42.3 Å². The number of hydrogen-bond acceptors (Lipinski definition) is 4. The molecule has 0 atom stereocenters. The molecule has 0 saturated heterocycles. The van der Waals surface area contributed by atoms with E-state index in [9.17, 15) is 9.59 Å². The molecule has 0 aliphatic heterocycles. The summed E-state index contributed by atoms with van der Waals surface area (Å²) in [6.45, 7) is 1.16. The minimum absolute atomic E-state index is 0.122. The lowest BCUT2D eigenvalue weighted by molar-refractivity contribution is -0.114. The third-order valence-corrected chi connectivity index (χ3v) is 3.60. The van der Waals surface area contributed by atoms with Crippen LogP contribution < -0.4 is 15.5 Å². The van der Waals surface area contributed by atoms with Gasteiger partial charge in [0.05, 0.1) is 13.2 Å². The molecule has 0 bridgehead atoms. The van der Waals surface area contributed by atoms with Gasteiger partial charge in [-0.15, -0.1) is 0 Å². The second-order valence-electron chi connectivity index (χ2n) is 5.57. The lowest BCUT2D eigenvalue weighted by atomic mass is 10.2. The Bertz CT molecular complexity index is 687. The van der Waals surface area contributed by atoms with Crippen LogP contribution in [0.4, 0.5) is 11.4 Å². The molecule has 0 fully saturated rings. The molecule has 6 nitrogen and oxygen atoms in total. The minimum atomic E-state index is -0.168. The molecule has 0 aromatic heterocycles. The number of hydrogen-bond donors (Lipinski definition) is 2. The third-order valence-electron chi connectivity index (χ3n) is 3.60. The van der Waals surface area contributed by atoms with E-state index in [2.05, 4.69) is 10.6 Å². The van der Waals surface area contributed by atoms with Crippen molar-refractivity contribution >= 4 is 23.2 Å². The van der Waals surface area contributed by atoms with Crippen LogP contribution in [0.15, 0.2) is 54.6 Å². The summed E-state index contributed by atoms with van der Waals surface area (Å²) in [5, 5.41) is 5.58. The van der Waals surface area contributed by atoms with Gasteiger partial charge in [-0.3, -0.25) is 9.59 Å². The Morgan fingerprint density at radius 2 is 1.72 bits per heavy atom. The van der Waals surface area contributed by atoms with Gasteiger partial charge in [0, 0.05) is 37.6 Å². The van der Waals surface area contributed by atoms with Gasteiger partial charge in [0.15, 0.2) is 0 Å². The molecule has 6 heteroatoms. The first-order valence-electron chi connectivity index (χ1n) is 8.03. The van der Waals surface area contributed by atoms with Gasteiger partial charge in [-0.1, -0.05) is 18.2 Å². The molecule has 2 amide bonds. The molecule has 2 aromatic carbocycles. The monoisotopic (exact) mass is 341 g/mol. The zero-order valence-corrected chi connectivity index (χ0v) is 14.5. The first-order valence-corrected chi connectivity index (χ1v) is 8.03. The number of benzene rings is 2. The van der Waals surface area contributed by atoms with Crippen LogP contribution in [-0.2, 0) is 9.53 Å². The van der Waals surface area contributed by atoms with Crippen LogP contribution in [0.1, 0.15) is 10.4 Å². The van der Waals surface area contributed by atoms with Gasteiger partial charge < -0.3 is 20.3 Å². The highest BCUT2D eigenvalue weighted by atomic mass is 16.5. The Morgan fingerprint density at radius 3 is 2.36 bits per heavy atom. The van der Waals surface area contributed by atoms with E-state index in [4.69, 9.17) is 4.74 Å². The molecule has 0 heterocycles. The number of rotatable bonds is 8. The zero-order valence-electron chi connectivity index (χ0n) is 14.5. The summed E-state index contributed by atoms with van der Waals surface area (Å²) in [5.74, 6) is -0.289. The SMILES string of the molecule is COCCNC(=O)c1ccc(NC(=O)CN(C)c2ccccc2)cc1. The number of nitrogens with zero attached hydrogens (tertiary/aromatic N) is 1. The summed E-state index contributed by atoms with van der Waals surface area (Å²) in [6, 6.07) is 16.5. The molecule has 0 saturated carbocycles. The predicted octanol–water partition coefficient (Wildman–Crippen LogP) is 2.14. The average molecular weight is 341 g/mol. The van der Waals surface area contributed by atoms with E-state index < -0.39 is 0 Å². The summed E-state index contributed by atoms with van der Waals surface area (Å²) in [7, 11) is 3.45. The minimum Gasteiger partial charge on any atom is -0.383 e. The summed E-state index contributed by atoms with van der Waals surface area (Å²) >= 11 is 0. The number of likely N-dealkylation sites (N-methyl/N-ethyl adjacent to an activating group) is 1. The molecule has 25 heavy (non-hydrogen) atoms. The van der Waals surface area contributed by atoms with Crippen molar-refractivity contribution in [2.24, 2.45) is 0 Å². The van der Waals surface area contributed by atoms with Crippen molar-refractivity contribution < 1.29 is 14.3 Å². The first-order chi connectivity index (χ1) is 12.1. The van der Waals surface area contributed by atoms with Crippen molar-refractivity contribution in [3.8, 4) is 0 Å². The van der Waals surface area contributed by atoms with Crippen molar-refractivity contribution in [2.75, 3.05) is 44.1 Å². The van der Waals surface area contributed by atoms with Gasteiger partial charge in [-0.05, 0) is 36.4 Å². The summed E-state index contributed by atoms with van der Waals surface area (Å²) in [6.07, 6.45) is 0. The second kappa shape index (κ2) is 9.44. The van der Waals surface area contributed by atoms with E-state index >= 15 is 0 Å². The Morgan fingerprint density at radius 1 is 1.04 bits per heavy atom. The van der Waals surface area contributed by atoms with Crippen molar-refractivity contribution in [1.29, 1.82) is 0 Å². The zero-order chi connectivity index (χ0) is 18.1. The number of carbonyl (C=O) groups is 2. The number of methoxy groups -OCH3 is 1. The molecule has 0 unspecified atom stereocenters. The van der Waals surface area contributed by atoms with E-state index in [0.29, 0.717) is 24.4 Å². The third kappa shape index (κ3) is 5.93. The smallest absolute Gasteiger partial charge is 0.251 e. The Balaban J connectivity index is 1.86. The van der Waals surface area contributed by atoms with Crippen LogP contribution >= 0.6 is 0 Å². The van der Waals surface area contributed by atoms with Crippen LogP contribution in [0, 0.1) is 0 Å². The Kier molecular flexibility index (Phi) is 6.98. The number of anilines is 2. The molecule has 0 aliphatic rings. The maximum atomic E-state index is 12.1. The number of amides is 2. The van der Waals surface area contributed by atoms with Gasteiger partial charge >= 0.3 is 0 Å². The summed E-state index contributed by atoms with van der Waals surface area (Å²) < 4.78 is 4.89. The number of nitrogens with one attached hydrogen (secondary N) is 2. The maximum absolute atomic E-state index is 12.1. The lowest BCUT2D eigenvalue weighted by Gasteiger charge is -2.18. The highest BCUT2D eigenvalue weighted by Gasteiger charge is 2.09. The topological polar surface area (TPSA) is 70.7 Å². The van der Waals surface area contributed by atoms with Crippen LogP contribution in [0.3, 0.4) is 0 Å².